The summed E-state index contributed by atoms with van der Waals surface area (Å²) in [6, 6.07) is 10.8. The summed E-state index contributed by atoms with van der Waals surface area (Å²) < 4.78 is 0. The zero-order chi connectivity index (χ0) is 20.3. The summed E-state index contributed by atoms with van der Waals surface area (Å²) in [6.07, 6.45) is 2.71. The predicted molar refractivity (Wildman–Crippen MR) is 113 cm³/mol. The number of allylic oxidation sites excluding steroid dienone is 1. The molecule has 0 aromatic heterocycles. The molecule has 0 unspecified atom stereocenters. The van der Waals surface area contributed by atoms with Crippen LogP contribution in [0.5, 0.6) is 0 Å². The van der Waals surface area contributed by atoms with Crippen molar-refractivity contribution in [2.24, 2.45) is 4.99 Å². The molecule has 0 saturated carbocycles. The Labute approximate surface area is 179 Å². The average molecular weight is 457 g/mol. The lowest BCUT2D eigenvalue weighted by Gasteiger charge is -2.13. The van der Waals surface area contributed by atoms with E-state index in [0.29, 0.717) is 26.7 Å². The molecule has 3 rings (SSSR count). The lowest BCUT2D eigenvalue weighted by molar-refractivity contribution is -0.460. The molecular formula is C18H12Cl3N3O3S. The Balaban J connectivity index is 1.77. The van der Waals surface area contributed by atoms with E-state index in [-0.39, 0.29) is 5.70 Å². The molecule has 0 aliphatic carbocycles. The average Bonchev–Trinajstić information content (AvgIpc) is 2.69. The quantitative estimate of drug-likeness (QED) is 0.195. The molecular weight excluding hydrogens is 445 g/mol. The van der Waals surface area contributed by atoms with Crippen LogP contribution in [0.2, 0.25) is 15.1 Å². The minimum absolute atomic E-state index is 0.0302. The van der Waals surface area contributed by atoms with Gasteiger partial charge in [0.2, 0.25) is 0 Å². The zero-order valence-corrected chi connectivity index (χ0v) is 17.1. The highest BCUT2D eigenvalue weighted by Crippen LogP contribution is 2.36. The number of halogens is 3. The van der Waals surface area contributed by atoms with Gasteiger partial charge in [0.1, 0.15) is 10.8 Å². The number of amidine groups is 1. The van der Waals surface area contributed by atoms with Crippen LogP contribution in [0, 0.1) is 10.1 Å². The van der Waals surface area contributed by atoms with Crippen molar-refractivity contribution >= 4 is 52.4 Å². The number of aliphatic imine (C=N–C) groups is 1. The number of benzene rings is 2. The van der Waals surface area contributed by atoms with Crippen molar-refractivity contribution in [3.63, 3.8) is 0 Å². The van der Waals surface area contributed by atoms with Gasteiger partial charge < -0.3 is 10.4 Å². The van der Waals surface area contributed by atoms with Gasteiger partial charge in [-0.15, -0.1) is 11.8 Å². The Morgan fingerprint density at radius 3 is 2.68 bits per heavy atom. The standard InChI is InChI=1S/C18H12Cl3N3O3S/c19-12-7-14(21)16(8-13(12)20)28-9-10-2-1-3-11(6-10)17-22-5-4-15(23-17)18(25)24(26)27/h1-8,25H,9H2,(H,22,23). The third-order valence-corrected chi connectivity index (χ3v) is 5.95. The molecule has 0 fully saturated rings. The van der Waals surface area contributed by atoms with Gasteiger partial charge in [0.15, 0.2) is 5.70 Å². The van der Waals surface area contributed by atoms with E-state index in [1.54, 1.807) is 12.1 Å². The number of hydrogen-bond donors (Lipinski definition) is 2. The molecule has 2 N–H and O–H groups in total. The van der Waals surface area contributed by atoms with Crippen molar-refractivity contribution in [3.8, 4) is 0 Å². The topological polar surface area (TPSA) is 87.8 Å². The molecule has 1 aliphatic heterocycles. The van der Waals surface area contributed by atoms with Crippen LogP contribution in [0.25, 0.3) is 0 Å². The molecule has 6 nitrogen and oxygen atoms in total. The van der Waals surface area contributed by atoms with E-state index < -0.39 is 10.8 Å². The molecule has 2 aromatic rings. The largest absolute Gasteiger partial charge is 0.454 e. The molecule has 28 heavy (non-hydrogen) atoms. The summed E-state index contributed by atoms with van der Waals surface area (Å²) >= 11 is 19.7. The Hall–Kier alpha value is -2.19. The Bertz CT molecular complexity index is 1040. The molecule has 0 saturated heterocycles. The van der Waals surface area contributed by atoms with Gasteiger partial charge in [-0.2, -0.15) is 0 Å². The van der Waals surface area contributed by atoms with Crippen LogP contribution in [-0.2, 0) is 5.75 Å². The van der Waals surface area contributed by atoms with E-state index in [0.717, 1.165) is 16.0 Å². The Kier molecular flexibility index (Phi) is 6.51. The van der Waals surface area contributed by atoms with Gasteiger partial charge in [-0.05, 0) is 29.8 Å². The number of aliphatic hydroxyl groups excluding tert-OH is 1. The number of aliphatic hydroxyl groups is 1. The minimum Gasteiger partial charge on any atom is -0.454 e. The van der Waals surface area contributed by atoms with Crippen molar-refractivity contribution < 1.29 is 10.0 Å². The van der Waals surface area contributed by atoms with Crippen molar-refractivity contribution in [1.29, 1.82) is 0 Å². The summed E-state index contributed by atoms with van der Waals surface area (Å²) in [5.41, 5.74) is 1.67. The number of rotatable bonds is 5. The van der Waals surface area contributed by atoms with Crippen LogP contribution in [0.3, 0.4) is 0 Å². The summed E-state index contributed by atoms with van der Waals surface area (Å²) in [7, 11) is 0. The first-order valence-electron chi connectivity index (χ1n) is 7.81. The number of thioether (sulfide) groups is 1. The second-order valence-corrected chi connectivity index (χ2v) is 7.84. The van der Waals surface area contributed by atoms with Gasteiger partial charge in [-0.3, -0.25) is 10.1 Å². The SMILES string of the molecule is O=[N+]([O-])C(O)=C1C=CN=C(c2cccc(CSc3cc(Cl)c(Cl)cc3Cl)c2)N1. The van der Waals surface area contributed by atoms with Gasteiger partial charge in [-0.1, -0.05) is 53.0 Å². The number of nitro groups is 1. The van der Waals surface area contributed by atoms with Gasteiger partial charge in [-0.25, -0.2) is 4.99 Å². The highest BCUT2D eigenvalue weighted by molar-refractivity contribution is 7.98. The lowest BCUT2D eigenvalue weighted by Crippen LogP contribution is -2.27. The van der Waals surface area contributed by atoms with Crippen LogP contribution >= 0.6 is 46.6 Å². The maximum absolute atomic E-state index is 10.7. The smallest absolute Gasteiger partial charge is 0.449 e. The van der Waals surface area contributed by atoms with Gasteiger partial charge in [0.05, 0.1) is 15.1 Å². The molecule has 144 valence electrons. The van der Waals surface area contributed by atoms with E-state index in [2.05, 4.69) is 10.3 Å². The Morgan fingerprint density at radius 2 is 1.93 bits per heavy atom. The van der Waals surface area contributed by atoms with E-state index in [1.807, 2.05) is 24.3 Å². The minimum atomic E-state index is -0.968. The van der Waals surface area contributed by atoms with Crippen LogP contribution in [0.1, 0.15) is 11.1 Å². The molecule has 2 aromatic carbocycles. The van der Waals surface area contributed by atoms with E-state index in [4.69, 9.17) is 34.8 Å². The van der Waals surface area contributed by atoms with Gasteiger partial charge in [0, 0.05) is 22.4 Å². The molecule has 0 bridgehead atoms. The number of nitrogens with zero attached hydrogens (tertiary/aromatic N) is 2. The van der Waals surface area contributed by atoms with E-state index in [1.165, 1.54) is 24.0 Å². The third kappa shape index (κ3) is 4.80. The van der Waals surface area contributed by atoms with Crippen LogP contribution in [0.4, 0.5) is 0 Å². The maximum atomic E-state index is 10.7. The summed E-state index contributed by atoms with van der Waals surface area (Å²) in [5.74, 6) is 0.0345. The Morgan fingerprint density at radius 1 is 1.18 bits per heavy atom. The highest BCUT2D eigenvalue weighted by atomic mass is 35.5. The molecule has 0 atom stereocenters. The normalized spacial score (nSPS) is 15.0. The fourth-order valence-corrected chi connectivity index (χ4v) is 4.02. The molecule has 0 spiro atoms. The molecule has 1 aliphatic rings. The predicted octanol–water partition coefficient (Wildman–Crippen LogP) is 5.81. The molecule has 1 heterocycles. The number of hydrogen-bond acceptors (Lipinski definition) is 6. The number of nitrogens with one attached hydrogen (secondary N) is 1. The van der Waals surface area contributed by atoms with Crippen molar-refractivity contribution in [2.75, 3.05) is 0 Å². The van der Waals surface area contributed by atoms with Crippen molar-refractivity contribution in [1.82, 2.24) is 5.32 Å². The van der Waals surface area contributed by atoms with Gasteiger partial charge >= 0.3 is 5.88 Å². The van der Waals surface area contributed by atoms with Gasteiger partial charge in [0.25, 0.3) is 0 Å². The van der Waals surface area contributed by atoms with Crippen molar-refractivity contribution in [3.05, 3.63) is 96.6 Å². The molecule has 0 radical (unpaired) electrons. The van der Waals surface area contributed by atoms with E-state index >= 15 is 0 Å². The van der Waals surface area contributed by atoms with Crippen LogP contribution in [-0.4, -0.2) is 15.9 Å². The van der Waals surface area contributed by atoms with Crippen molar-refractivity contribution in [2.45, 2.75) is 10.6 Å². The van der Waals surface area contributed by atoms with Crippen LogP contribution < -0.4 is 5.32 Å². The summed E-state index contributed by atoms with van der Waals surface area (Å²) in [4.78, 5) is 14.9. The summed E-state index contributed by atoms with van der Waals surface area (Å²) in [6.45, 7) is 0. The monoisotopic (exact) mass is 455 g/mol. The van der Waals surface area contributed by atoms with E-state index in [9.17, 15) is 15.2 Å². The van der Waals surface area contributed by atoms with Crippen LogP contribution in [0.15, 0.2) is 70.1 Å². The first-order chi connectivity index (χ1) is 13.3. The first kappa shape index (κ1) is 20.5. The lowest BCUT2D eigenvalue weighted by atomic mass is 10.1. The molecule has 10 heteroatoms. The first-order valence-corrected chi connectivity index (χ1v) is 9.93. The maximum Gasteiger partial charge on any atom is 0.449 e. The second kappa shape index (κ2) is 8.87. The fourth-order valence-electron chi connectivity index (χ4n) is 2.35. The zero-order valence-electron chi connectivity index (χ0n) is 14.0. The third-order valence-electron chi connectivity index (χ3n) is 3.68. The molecule has 0 amide bonds. The fraction of sp³-hybridized carbons (Fsp3) is 0.0556. The second-order valence-electron chi connectivity index (χ2n) is 5.60. The summed E-state index contributed by atoms with van der Waals surface area (Å²) in [5, 5.41) is 24.4. The highest BCUT2D eigenvalue weighted by Gasteiger charge is 2.19.